The quantitative estimate of drug-likeness (QED) is 0.647. The molecule has 0 spiro atoms. The summed E-state index contributed by atoms with van der Waals surface area (Å²) in [6.07, 6.45) is -2.52. The van der Waals surface area contributed by atoms with Crippen molar-refractivity contribution in [3.8, 4) is 0 Å². The van der Waals surface area contributed by atoms with Gasteiger partial charge in [0.1, 0.15) is 11.6 Å². The number of benzene rings is 2. The second-order valence-corrected chi connectivity index (χ2v) is 7.26. The van der Waals surface area contributed by atoms with Crippen molar-refractivity contribution in [2.75, 3.05) is 6.54 Å². The lowest BCUT2D eigenvalue weighted by atomic mass is 9.98. The third kappa shape index (κ3) is 5.34. The van der Waals surface area contributed by atoms with Gasteiger partial charge in [-0.15, -0.1) is 0 Å². The van der Waals surface area contributed by atoms with Gasteiger partial charge in [0, 0.05) is 25.2 Å². The molecule has 3 N–H and O–H groups in total. The molecule has 30 heavy (non-hydrogen) atoms. The van der Waals surface area contributed by atoms with Crippen LogP contribution in [-0.2, 0) is 30.7 Å². The number of carbonyl (C=O) groups is 1. The highest BCUT2D eigenvalue weighted by Crippen LogP contribution is 2.33. The van der Waals surface area contributed by atoms with Crippen LogP contribution in [0.25, 0.3) is 0 Å². The first-order valence-electron chi connectivity index (χ1n) is 9.48. The minimum Gasteiger partial charge on any atom is -0.475 e. The van der Waals surface area contributed by atoms with Crippen molar-refractivity contribution in [2.45, 2.75) is 44.6 Å². The molecule has 4 nitrogen and oxygen atoms in total. The number of hydrogen-bond acceptors (Lipinski definition) is 3. The molecular weight excluding hydrogens is 407 g/mol. The summed E-state index contributed by atoms with van der Waals surface area (Å²) >= 11 is 0. The summed E-state index contributed by atoms with van der Waals surface area (Å²) in [7, 11) is 0. The second kappa shape index (κ2) is 9.09. The first-order valence-corrected chi connectivity index (χ1v) is 9.48. The lowest BCUT2D eigenvalue weighted by molar-refractivity contribution is -0.192. The standard InChI is InChI=1S/C19H20F2N2.C2HF3O2/c20-15-8-17-16(18(21)9-15)3-4-19(17)23-10-12-1-2-14-11-22-6-5-13(14)7-12;3-2(4,5)1(6)7/h1-2,7-9,19,22-23H,3-6,10-11H2;(H,6,7). The fourth-order valence-electron chi connectivity index (χ4n) is 3.74. The van der Waals surface area contributed by atoms with E-state index in [1.807, 2.05) is 0 Å². The van der Waals surface area contributed by atoms with Gasteiger partial charge in [-0.2, -0.15) is 13.2 Å². The Hall–Kier alpha value is -2.52. The normalized spacial score (nSPS) is 17.6. The molecule has 0 aromatic heterocycles. The summed E-state index contributed by atoms with van der Waals surface area (Å²) in [5.74, 6) is -3.66. The average molecular weight is 428 g/mol. The molecule has 0 bridgehead atoms. The van der Waals surface area contributed by atoms with Gasteiger partial charge in [0.15, 0.2) is 0 Å². The van der Waals surface area contributed by atoms with Crippen molar-refractivity contribution < 1.29 is 31.9 Å². The van der Waals surface area contributed by atoms with Crippen molar-refractivity contribution in [3.05, 3.63) is 69.8 Å². The summed E-state index contributed by atoms with van der Waals surface area (Å²) in [6, 6.07) is 9.07. The van der Waals surface area contributed by atoms with Gasteiger partial charge in [-0.05, 0) is 59.7 Å². The highest BCUT2D eigenvalue weighted by atomic mass is 19.4. The Morgan fingerprint density at radius 3 is 2.57 bits per heavy atom. The van der Waals surface area contributed by atoms with E-state index in [2.05, 4.69) is 28.8 Å². The van der Waals surface area contributed by atoms with Crippen molar-refractivity contribution in [1.82, 2.24) is 10.6 Å². The summed E-state index contributed by atoms with van der Waals surface area (Å²) in [6.45, 7) is 2.69. The number of halogens is 5. The molecule has 1 atom stereocenters. The zero-order chi connectivity index (χ0) is 21.9. The van der Waals surface area contributed by atoms with Crippen LogP contribution >= 0.6 is 0 Å². The minimum absolute atomic E-state index is 0.0351. The molecule has 1 aliphatic heterocycles. The maximum absolute atomic E-state index is 13.8. The Morgan fingerprint density at radius 2 is 1.87 bits per heavy atom. The maximum Gasteiger partial charge on any atom is 0.490 e. The van der Waals surface area contributed by atoms with E-state index in [0.717, 1.165) is 44.1 Å². The first-order chi connectivity index (χ1) is 14.1. The minimum atomic E-state index is -5.08. The van der Waals surface area contributed by atoms with E-state index >= 15 is 0 Å². The van der Waals surface area contributed by atoms with E-state index in [-0.39, 0.29) is 6.04 Å². The molecule has 2 aliphatic rings. The molecule has 2 aromatic carbocycles. The lowest BCUT2D eigenvalue weighted by Crippen LogP contribution is -2.24. The van der Waals surface area contributed by atoms with Gasteiger partial charge >= 0.3 is 12.1 Å². The van der Waals surface area contributed by atoms with Crippen LogP contribution in [0.3, 0.4) is 0 Å². The number of aliphatic carboxylic acids is 1. The largest absolute Gasteiger partial charge is 0.490 e. The molecule has 0 radical (unpaired) electrons. The summed E-state index contributed by atoms with van der Waals surface area (Å²) in [5.41, 5.74) is 5.46. The zero-order valence-electron chi connectivity index (χ0n) is 16.0. The Labute approximate surface area is 170 Å². The summed E-state index contributed by atoms with van der Waals surface area (Å²) in [5, 5.41) is 14.0. The van der Waals surface area contributed by atoms with E-state index in [0.29, 0.717) is 12.0 Å². The number of hydrogen-bond donors (Lipinski definition) is 3. The predicted octanol–water partition coefficient (Wildman–Crippen LogP) is 4.02. The number of fused-ring (bicyclic) bond motifs is 2. The van der Waals surface area contributed by atoms with Crippen LogP contribution in [-0.4, -0.2) is 23.8 Å². The molecule has 0 fully saturated rings. The van der Waals surface area contributed by atoms with Gasteiger partial charge in [0.25, 0.3) is 0 Å². The number of carboxylic acid groups (broad SMARTS) is 1. The second-order valence-electron chi connectivity index (χ2n) is 7.26. The van der Waals surface area contributed by atoms with E-state index in [4.69, 9.17) is 9.90 Å². The fraction of sp³-hybridized carbons (Fsp3) is 0.381. The molecule has 1 unspecified atom stereocenters. The predicted molar refractivity (Wildman–Crippen MR) is 99.8 cm³/mol. The number of alkyl halides is 3. The first kappa shape index (κ1) is 22.2. The number of nitrogens with one attached hydrogen (secondary N) is 2. The Bertz CT molecular complexity index is 930. The monoisotopic (exact) mass is 428 g/mol. The molecule has 4 rings (SSSR count). The molecule has 162 valence electrons. The molecule has 1 aliphatic carbocycles. The van der Waals surface area contributed by atoms with Crippen LogP contribution in [0.1, 0.15) is 40.3 Å². The van der Waals surface area contributed by atoms with Crippen molar-refractivity contribution in [1.29, 1.82) is 0 Å². The molecule has 9 heteroatoms. The zero-order valence-corrected chi connectivity index (χ0v) is 16.0. The van der Waals surface area contributed by atoms with Crippen molar-refractivity contribution >= 4 is 5.97 Å². The van der Waals surface area contributed by atoms with E-state index in [1.54, 1.807) is 0 Å². The van der Waals surface area contributed by atoms with Gasteiger partial charge in [0.05, 0.1) is 0 Å². The van der Waals surface area contributed by atoms with Crippen LogP contribution in [0, 0.1) is 11.6 Å². The van der Waals surface area contributed by atoms with Crippen molar-refractivity contribution in [3.63, 3.8) is 0 Å². The van der Waals surface area contributed by atoms with Crippen molar-refractivity contribution in [2.24, 2.45) is 0 Å². The SMILES string of the molecule is Fc1cc(F)c2c(c1)C(NCc1ccc3c(c1)CCNC3)CC2.O=C(O)C(F)(F)F. The van der Waals surface area contributed by atoms with Crippen LogP contribution in [0.5, 0.6) is 0 Å². The van der Waals surface area contributed by atoms with Crippen LogP contribution < -0.4 is 10.6 Å². The molecule has 0 saturated carbocycles. The molecule has 1 heterocycles. The van der Waals surface area contributed by atoms with E-state index in [9.17, 15) is 22.0 Å². The number of carboxylic acids is 1. The van der Waals surface area contributed by atoms with Crippen LogP contribution in [0.4, 0.5) is 22.0 Å². The molecule has 0 saturated heterocycles. The lowest BCUT2D eigenvalue weighted by Gasteiger charge is -2.19. The van der Waals surface area contributed by atoms with E-state index in [1.165, 1.54) is 22.8 Å². The highest BCUT2D eigenvalue weighted by molar-refractivity contribution is 5.73. The fourth-order valence-corrected chi connectivity index (χ4v) is 3.74. The Morgan fingerprint density at radius 1 is 1.13 bits per heavy atom. The van der Waals surface area contributed by atoms with Gasteiger partial charge in [-0.1, -0.05) is 18.2 Å². The summed E-state index contributed by atoms with van der Waals surface area (Å²) in [4.78, 5) is 8.90. The van der Waals surface area contributed by atoms with Crippen LogP contribution in [0.15, 0.2) is 30.3 Å². The van der Waals surface area contributed by atoms with Gasteiger partial charge < -0.3 is 15.7 Å². The van der Waals surface area contributed by atoms with E-state index < -0.39 is 23.8 Å². The highest BCUT2D eigenvalue weighted by Gasteiger charge is 2.38. The average Bonchev–Trinajstić information content (AvgIpc) is 3.09. The Kier molecular flexibility index (Phi) is 6.72. The third-order valence-corrected chi connectivity index (χ3v) is 5.21. The Balaban J connectivity index is 0.000000318. The number of rotatable bonds is 3. The van der Waals surface area contributed by atoms with Gasteiger partial charge in [0.2, 0.25) is 0 Å². The molecule has 0 amide bonds. The third-order valence-electron chi connectivity index (χ3n) is 5.21. The topological polar surface area (TPSA) is 61.4 Å². The van der Waals surface area contributed by atoms with Gasteiger partial charge in [-0.25, -0.2) is 13.6 Å². The van der Waals surface area contributed by atoms with Gasteiger partial charge in [-0.3, -0.25) is 0 Å². The smallest absolute Gasteiger partial charge is 0.475 e. The maximum atomic E-state index is 13.8. The van der Waals surface area contributed by atoms with Crippen LogP contribution in [0.2, 0.25) is 0 Å². The molecule has 2 aromatic rings. The molecular formula is C21H21F5N2O2. The summed E-state index contributed by atoms with van der Waals surface area (Å²) < 4.78 is 59.0.